The first-order valence-electron chi connectivity index (χ1n) is 11.3. The zero-order chi connectivity index (χ0) is 22.9. The Hall–Kier alpha value is -1.54. The van der Waals surface area contributed by atoms with E-state index < -0.39 is 0 Å². The van der Waals surface area contributed by atoms with Crippen LogP contribution >= 0.6 is 0 Å². The molecule has 8 nitrogen and oxygen atoms in total. The van der Waals surface area contributed by atoms with E-state index in [2.05, 4.69) is 45.2 Å². The summed E-state index contributed by atoms with van der Waals surface area (Å²) in [6.07, 6.45) is 4.81. The van der Waals surface area contributed by atoms with E-state index in [1.165, 1.54) is 12.8 Å². The minimum Gasteiger partial charge on any atom is -0.337 e. The van der Waals surface area contributed by atoms with E-state index in [0.717, 1.165) is 25.9 Å². The van der Waals surface area contributed by atoms with Crippen LogP contribution in [0.5, 0.6) is 0 Å². The molecule has 1 aliphatic carbocycles. The second-order valence-corrected chi connectivity index (χ2v) is 10.6. The summed E-state index contributed by atoms with van der Waals surface area (Å²) < 4.78 is 0. The van der Waals surface area contributed by atoms with Crippen LogP contribution in [-0.4, -0.2) is 85.3 Å². The molecule has 0 radical (unpaired) electrons. The number of carbonyl (C=O) groups is 2. The summed E-state index contributed by atoms with van der Waals surface area (Å²) in [6, 6.07) is 0.680. The monoisotopic (exact) mass is 426 g/mol. The van der Waals surface area contributed by atoms with Crippen molar-refractivity contribution in [3.63, 3.8) is 0 Å². The van der Waals surface area contributed by atoms with Gasteiger partial charge in [0.05, 0.1) is 0 Å². The van der Waals surface area contributed by atoms with Crippen molar-refractivity contribution in [2.45, 2.75) is 90.4 Å². The molecule has 2 unspecified atom stereocenters. The van der Waals surface area contributed by atoms with Crippen molar-refractivity contribution in [2.24, 2.45) is 0 Å². The highest BCUT2D eigenvalue weighted by Crippen LogP contribution is 2.25. The minimum absolute atomic E-state index is 0.118. The van der Waals surface area contributed by atoms with Gasteiger partial charge >= 0.3 is 12.1 Å². The summed E-state index contributed by atoms with van der Waals surface area (Å²) in [6.45, 7) is 14.7. The lowest BCUT2D eigenvalue weighted by Gasteiger charge is -2.42. The molecule has 1 saturated carbocycles. The Morgan fingerprint density at radius 1 is 0.733 bits per heavy atom. The Kier molecular flexibility index (Phi) is 10.4. The van der Waals surface area contributed by atoms with Crippen LogP contribution < -0.4 is 21.3 Å². The third-order valence-corrected chi connectivity index (χ3v) is 5.30. The number of hydrogen-bond donors (Lipinski definition) is 4. The Balaban J connectivity index is 2.44. The van der Waals surface area contributed by atoms with Crippen LogP contribution in [0.2, 0.25) is 0 Å². The third kappa shape index (κ3) is 11.0. The first-order chi connectivity index (χ1) is 13.8. The van der Waals surface area contributed by atoms with Crippen molar-refractivity contribution in [3.05, 3.63) is 0 Å². The summed E-state index contributed by atoms with van der Waals surface area (Å²) in [5, 5.41) is 11.8. The van der Waals surface area contributed by atoms with Gasteiger partial charge in [0, 0.05) is 49.3 Å². The molecule has 0 saturated heterocycles. The first-order valence-corrected chi connectivity index (χ1v) is 11.3. The molecular formula is C22H46N6O2. The van der Waals surface area contributed by atoms with Gasteiger partial charge in [-0.3, -0.25) is 0 Å². The van der Waals surface area contributed by atoms with Gasteiger partial charge in [-0.15, -0.1) is 0 Å². The van der Waals surface area contributed by atoms with E-state index in [1.54, 1.807) is 0 Å². The van der Waals surface area contributed by atoms with Gasteiger partial charge in [-0.05, 0) is 68.5 Å². The average Bonchev–Trinajstić information content (AvgIpc) is 2.58. The van der Waals surface area contributed by atoms with Crippen LogP contribution in [0, 0.1) is 0 Å². The number of urea groups is 2. The molecule has 1 fully saturated rings. The van der Waals surface area contributed by atoms with Crippen LogP contribution in [0.3, 0.4) is 0 Å². The summed E-state index contributed by atoms with van der Waals surface area (Å²) in [5.74, 6) is 0. The molecule has 1 rings (SSSR count). The molecule has 0 bridgehead atoms. The Morgan fingerprint density at radius 3 is 1.37 bits per heavy atom. The maximum absolute atomic E-state index is 12.0. The van der Waals surface area contributed by atoms with Gasteiger partial charge in [0.25, 0.3) is 0 Å². The highest BCUT2D eigenvalue weighted by Gasteiger charge is 2.31. The summed E-state index contributed by atoms with van der Waals surface area (Å²) in [4.78, 5) is 28.7. The van der Waals surface area contributed by atoms with E-state index in [4.69, 9.17) is 0 Å². The largest absolute Gasteiger partial charge is 0.337 e. The Labute approximate surface area is 183 Å². The van der Waals surface area contributed by atoms with E-state index in [-0.39, 0.29) is 23.1 Å². The fourth-order valence-corrected chi connectivity index (χ4v) is 3.91. The molecule has 0 aromatic rings. The normalized spacial score (nSPS) is 20.2. The fourth-order valence-electron chi connectivity index (χ4n) is 3.91. The Bertz CT molecular complexity index is 493. The molecule has 0 aromatic carbocycles. The summed E-state index contributed by atoms with van der Waals surface area (Å²) in [7, 11) is 4.30. The molecule has 4 amide bonds. The van der Waals surface area contributed by atoms with Gasteiger partial charge in [-0.1, -0.05) is 12.8 Å². The summed E-state index contributed by atoms with van der Waals surface area (Å²) in [5.41, 5.74) is -0.462. The van der Waals surface area contributed by atoms with Gasteiger partial charge in [-0.25, -0.2) is 9.59 Å². The zero-order valence-corrected chi connectivity index (χ0v) is 20.5. The van der Waals surface area contributed by atoms with Gasteiger partial charge in [0.2, 0.25) is 0 Å². The number of amides is 4. The van der Waals surface area contributed by atoms with Crippen molar-refractivity contribution in [3.8, 4) is 0 Å². The molecule has 4 N–H and O–H groups in total. The minimum atomic E-state index is -0.231. The number of nitrogens with one attached hydrogen (secondary N) is 4. The maximum Gasteiger partial charge on any atom is 0.315 e. The molecule has 0 spiro atoms. The maximum atomic E-state index is 12.0. The smallest absolute Gasteiger partial charge is 0.315 e. The van der Waals surface area contributed by atoms with Gasteiger partial charge in [0.1, 0.15) is 0 Å². The van der Waals surface area contributed by atoms with Crippen molar-refractivity contribution in [1.82, 2.24) is 31.1 Å². The number of nitrogens with zero attached hydrogens (tertiary/aromatic N) is 2. The van der Waals surface area contributed by atoms with E-state index in [0.29, 0.717) is 25.2 Å². The molecule has 30 heavy (non-hydrogen) atoms. The molecule has 1 aliphatic rings. The van der Waals surface area contributed by atoms with Crippen molar-refractivity contribution in [1.29, 1.82) is 0 Å². The predicted octanol–water partition coefficient (Wildman–Crippen LogP) is 2.36. The van der Waals surface area contributed by atoms with Gasteiger partial charge in [0.15, 0.2) is 0 Å². The van der Waals surface area contributed by atoms with Gasteiger partial charge in [-0.2, -0.15) is 0 Å². The van der Waals surface area contributed by atoms with E-state index in [1.807, 2.05) is 41.5 Å². The quantitative estimate of drug-likeness (QED) is 0.480. The van der Waals surface area contributed by atoms with Crippen LogP contribution in [0.4, 0.5) is 9.59 Å². The third-order valence-electron chi connectivity index (χ3n) is 5.30. The van der Waals surface area contributed by atoms with E-state index >= 15 is 0 Å². The standard InChI is InChI=1S/C22H46N6O2/c1-21(2,3)25-19(29)23-13-15-27(7)17-11-9-10-12-18(17)28(8)16-14-24-20(30)26-22(4,5)6/h17-18H,9-16H2,1-8H3,(H2,23,25,29)(H2,24,26,30). The van der Waals surface area contributed by atoms with Crippen LogP contribution in [0.1, 0.15) is 67.2 Å². The molecule has 2 atom stereocenters. The van der Waals surface area contributed by atoms with Crippen LogP contribution in [0.15, 0.2) is 0 Å². The lowest BCUT2D eigenvalue weighted by atomic mass is 9.88. The van der Waals surface area contributed by atoms with Crippen molar-refractivity contribution in [2.75, 3.05) is 40.3 Å². The predicted molar refractivity (Wildman–Crippen MR) is 124 cm³/mol. The lowest BCUT2D eigenvalue weighted by molar-refractivity contribution is 0.0792. The van der Waals surface area contributed by atoms with Crippen LogP contribution in [-0.2, 0) is 0 Å². The first kappa shape index (κ1) is 26.5. The van der Waals surface area contributed by atoms with E-state index in [9.17, 15) is 9.59 Å². The number of rotatable bonds is 8. The molecule has 8 heteroatoms. The zero-order valence-electron chi connectivity index (χ0n) is 20.5. The average molecular weight is 427 g/mol. The number of carbonyl (C=O) groups excluding carboxylic acids is 2. The van der Waals surface area contributed by atoms with Crippen molar-refractivity contribution >= 4 is 12.1 Å². The second-order valence-electron chi connectivity index (χ2n) is 10.6. The second kappa shape index (κ2) is 11.7. The summed E-state index contributed by atoms with van der Waals surface area (Å²) >= 11 is 0. The highest BCUT2D eigenvalue weighted by molar-refractivity contribution is 5.74. The molecule has 0 heterocycles. The van der Waals surface area contributed by atoms with Crippen molar-refractivity contribution < 1.29 is 9.59 Å². The Morgan fingerprint density at radius 2 is 1.07 bits per heavy atom. The highest BCUT2D eigenvalue weighted by atomic mass is 16.2. The fraction of sp³-hybridized carbons (Fsp3) is 0.909. The molecule has 0 aromatic heterocycles. The molecular weight excluding hydrogens is 380 g/mol. The topological polar surface area (TPSA) is 88.7 Å². The lowest BCUT2D eigenvalue weighted by Crippen LogP contribution is -2.54. The van der Waals surface area contributed by atoms with Crippen LogP contribution in [0.25, 0.3) is 0 Å². The molecule has 0 aliphatic heterocycles. The van der Waals surface area contributed by atoms with Gasteiger partial charge < -0.3 is 31.1 Å². The SMILES string of the molecule is CN(CCNC(=O)NC(C)(C)C)C1CCCCC1N(C)CCNC(=O)NC(C)(C)C. The number of likely N-dealkylation sites (N-methyl/N-ethyl adjacent to an activating group) is 2. The molecule has 176 valence electrons. The number of hydrogen-bond acceptors (Lipinski definition) is 4.